The molecule has 0 bridgehead atoms. The van der Waals surface area contributed by atoms with Gasteiger partial charge in [-0.2, -0.15) is 13.2 Å². The van der Waals surface area contributed by atoms with Gasteiger partial charge in [0.05, 0.1) is 5.56 Å². The summed E-state index contributed by atoms with van der Waals surface area (Å²) in [6.45, 7) is 3.00. The van der Waals surface area contributed by atoms with Crippen molar-refractivity contribution in [1.82, 2.24) is 0 Å². The minimum Gasteiger partial charge on any atom is -0.384 e. The lowest BCUT2D eigenvalue weighted by Gasteiger charge is -2.38. The average molecular weight is 322 g/mol. The summed E-state index contributed by atoms with van der Waals surface area (Å²) in [7, 11) is 0. The van der Waals surface area contributed by atoms with Gasteiger partial charge in [0.25, 0.3) is 0 Å². The van der Waals surface area contributed by atoms with E-state index < -0.39 is 11.7 Å². The Labute approximate surface area is 113 Å². The normalized spacial score (nSPS) is 18.3. The van der Waals surface area contributed by atoms with Crippen molar-refractivity contribution in [1.29, 1.82) is 0 Å². The summed E-state index contributed by atoms with van der Waals surface area (Å²) in [4.78, 5) is 0. The van der Waals surface area contributed by atoms with Crippen molar-refractivity contribution in [2.24, 2.45) is 5.41 Å². The molecule has 0 atom stereocenters. The van der Waals surface area contributed by atoms with Crippen LogP contribution in [0, 0.1) is 5.41 Å². The fourth-order valence-electron chi connectivity index (χ4n) is 2.10. The molecule has 1 aromatic carbocycles. The molecule has 1 fully saturated rings. The first-order valence-electron chi connectivity index (χ1n) is 5.91. The van der Waals surface area contributed by atoms with E-state index in [1.807, 2.05) is 0 Å². The first kappa shape index (κ1) is 13.7. The third-order valence-corrected chi connectivity index (χ3v) is 4.22. The fraction of sp³-hybridized carbons (Fsp3) is 0.538. The van der Waals surface area contributed by atoms with Gasteiger partial charge in [-0.15, -0.1) is 0 Å². The van der Waals surface area contributed by atoms with Crippen LogP contribution in [0.3, 0.4) is 0 Å². The Morgan fingerprint density at radius 2 is 2.00 bits per heavy atom. The minimum absolute atomic E-state index is 0.294. The maximum atomic E-state index is 12.5. The topological polar surface area (TPSA) is 12.0 Å². The van der Waals surface area contributed by atoms with Crippen LogP contribution in [0.25, 0.3) is 0 Å². The molecule has 0 spiro atoms. The molecule has 0 aliphatic heterocycles. The van der Waals surface area contributed by atoms with Gasteiger partial charge in [-0.05, 0) is 52.4 Å². The highest BCUT2D eigenvalue weighted by Gasteiger charge is 2.32. The van der Waals surface area contributed by atoms with E-state index in [9.17, 15) is 13.2 Å². The zero-order valence-electron chi connectivity index (χ0n) is 10.1. The maximum absolute atomic E-state index is 12.5. The van der Waals surface area contributed by atoms with Crippen molar-refractivity contribution in [2.45, 2.75) is 32.4 Å². The number of nitrogens with one attached hydrogen (secondary N) is 1. The Morgan fingerprint density at radius 3 is 2.44 bits per heavy atom. The summed E-state index contributed by atoms with van der Waals surface area (Å²) in [6.07, 6.45) is -0.691. The molecule has 1 saturated carbocycles. The van der Waals surface area contributed by atoms with Gasteiger partial charge in [0.2, 0.25) is 0 Å². The quantitative estimate of drug-likeness (QED) is 0.819. The van der Waals surface area contributed by atoms with Gasteiger partial charge in [-0.25, -0.2) is 0 Å². The van der Waals surface area contributed by atoms with Gasteiger partial charge in [0.15, 0.2) is 0 Å². The molecule has 0 aromatic heterocycles. The zero-order valence-corrected chi connectivity index (χ0v) is 11.7. The zero-order chi connectivity index (χ0) is 13.4. The molecule has 1 aromatic rings. The standard InChI is InChI=1S/C13H15BrF3N/c1-12(5-2-6-12)8-18-11-4-3-9(7-10(11)14)13(15,16)17/h3-4,7,18H,2,5-6,8H2,1H3. The van der Waals surface area contributed by atoms with Crippen molar-refractivity contribution in [3.63, 3.8) is 0 Å². The van der Waals surface area contributed by atoms with Crippen LogP contribution >= 0.6 is 15.9 Å². The molecule has 0 unspecified atom stereocenters. The fourth-order valence-corrected chi connectivity index (χ4v) is 2.62. The highest BCUT2D eigenvalue weighted by molar-refractivity contribution is 9.10. The molecule has 0 amide bonds. The van der Waals surface area contributed by atoms with Crippen molar-refractivity contribution in [3.05, 3.63) is 28.2 Å². The smallest absolute Gasteiger partial charge is 0.384 e. The Morgan fingerprint density at radius 1 is 1.33 bits per heavy atom. The highest BCUT2D eigenvalue weighted by atomic mass is 79.9. The Hall–Kier alpha value is -0.710. The SMILES string of the molecule is CC1(CNc2ccc(C(F)(F)F)cc2Br)CCC1. The summed E-state index contributed by atoms with van der Waals surface area (Å²) in [5.41, 5.74) is 0.383. The molecule has 0 heterocycles. The Kier molecular flexibility index (Phi) is 3.63. The summed E-state index contributed by atoms with van der Waals surface area (Å²) >= 11 is 3.18. The van der Waals surface area contributed by atoms with Gasteiger partial charge in [0.1, 0.15) is 0 Å². The lowest BCUT2D eigenvalue weighted by atomic mass is 9.70. The Bertz CT molecular complexity index is 438. The second kappa shape index (κ2) is 4.76. The van der Waals surface area contributed by atoms with Gasteiger partial charge < -0.3 is 5.32 Å². The van der Waals surface area contributed by atoms with E-state index in [-0.39, 0.29) is 0 Å². The van der Waals surface area contributed by atoms with Crippen molar-refractivity contribution in [3.8, 4) is 0 Å². The van der Waals surface area contributed by atoms with E-state index in [2.05, 4.69) is 28.2 Å². The Balaban J connectivity index is 2.06. The lowest BCUT2D eigenvalue weighted by Crippen LogP contribution is -2.33. The van der Waals surface area contributed by atoms with Gasteiger partial charge in [-0.3, -0.25) is 0 Å². The van der Waals surface area contributed by atoms with Crippen LogP contribution in [-0.4, -0.2) is 6.54 Å². The van der Waals surface area contributed by atoms with Crippen LogP contribution in [0.5, 0.6) is 0 Å². The first-order chi connectivity index (χ1) is 8.30. The molecule has 1 aliphatic carbocycles. The van der Waals surface area contributed by atoms with Crippen molar-refractivity contribution >= 4 is 21.6 Å². The van der Waals surface area contributed by atoms with E-state index in [1.165, 1.54) is 25.3 Å². The second-order valence-corrected chi connectivity index (χ2v) is 6.06. The van der Waals surface area contributed by atoms with Crippen LogP contribution in [0.15, 0.2) is 22.7 Å². The number of alkyl halides is 3. The van der Waals surface area contributed by atoms with Gasteiger partial charge >= 0.3 is 6.18 Å². The van der Waals surface area contributed by atoms with E-state index in [1.54, 1.807) is 0 Å². The highest BCUT2D eigenvalue weighted by Crippen LogP contribution is 2.41. The van der Waals surface area contributed by atoms with Crippen LogP contribution in [0.4, 0.5) is 18.9 Å². The molecule has 0 radical (unpaired) electrons. The van der Waals surface area contributed by atoms with E-state index in [0.29, 0.717) is 9.89 Å². The van der Waals surface area contributed by atoms with Crippen LogP contribution in [-0.2, 0) is 6.18 Å². The predicted octanol–water partition coefficient (Wildman–Crippen LogP) is 5.07. The minimum atomic E-state index is -4.29. The van der Waals surface area contributed by atoms with Crippen molar-refractivity contribution < 1.29 is 13.2 Å². The maximum Gasteiger partial charge on any atom is 0.416 e. The van der Waals surface area contributed by atoms with Crippen LogP contribution in [0.1, 0.15) is 31.7 Å². The van der Waals surface area contributed by atoms with Gasteiger partial charge in [-0.1, -0.05) is 13.3 Å². The molecule has 100 valence electrons. The molecule has 1 N–H and O–H groups in total. The third kappa shape index (κ3) is 2.99. The van der Waals surface area contributed by atoms with Crippen LogP contribution < -0.4 is 5.32 Å². The average Bonchev–Trinajstić information content (AvgIpc) is 2.23. The molecule has 5 heteroatoms. The number of rotatable bonds is 3. The molecule has 2 rings (SSSR count). The number of anilines is 1. The number of hydrogen-bond donors (Lipinski definition) is 1. The summed E-state index contributed by atoms with van der Waals surface area (Å²) in [5.74, 6) is 0. The lowest BCUT2D eigenvalue weighted by molar-refractivity contribution is -0.137. The van der Waals surface area contributed by atoms with Crippen LogP contribution in [0.2, 0.25) is 0 Å². The van der Waals surface area contributed by atoms with E-state index in [4.69, 9.17) is 0 Å². The number of benzene rings is 1. The molecule has 0 saturated heterocycles. The molecule has 18 heavy (non-hydrogen) atoms. The second-order valence-electron chi connectivity index (χ2n) is 5.21. The molecule has 1 nitrogen and oxygen atoms in total. The number of halogens is 4. The van der Waals surface area contributed by atoms with Crippen molar-refractivity contribution in [2.75, 3.05) is 11.9 Å². The monoisotopic (exact) mass is 321 g/mol. The first-order valence-corrected chi connectivity index (χ1v) is 6.70. The molecule has 1 aliphatic rings. The molecular weight excluding hydrogens is 307 g/mol. The largest absolute Gasteiger partial charge is 0.416 e. The number of hydrogen-bond acceptors (Lipinski definition) is 1. The van der Waals surface area contributed by atoms with E-state index >= 15 is 0 Å². The van der Waals surface area contributed by atoms with Gasteiger partial charge in [0, 0.05) is 16.7 Å². The third-order valence-electron chi connectivity index (χ3n) is 3.56. The predicted molar refractivity (Wildman–Crippen MR) is 69.6 cm³/mol. The summed E-state index contributed by atoms with van der Waals surface area (Å²) < 4.78 is 38.0. The summed E-state index contributed by atoms with van der Waals surface area (Å²) in [5, 5.41) is 3.22. The van der Waals surface area contributed by atoms with E-state index in [0.717, 1.165) is 24.4 Å². The summed E-state index contributed by atoms with van der Waals surface area (Å²) in [6, 6.07) is 3.70. The molecular formula is C13H15BrF3N.